The van der Waals surface area contributed by atoms with Crippen LogP contribution in [0.25, 0.3) is 12.3 Å². The maximum absolute atomic E-state index is 5.77. The summed E-state index contributed by atoms with van der Waals surface area (Å²) in [6.45, 7) is 5.75. The van der Waals surface area contributed by atoms with Crippen molar-refractivity contribution in [2.45, 2.75) is 57.1 Å². The van der Waals surface area contributed by atoms with Crippen LogP contribution in [0.4, 0.5) is 5.82 Å². The monoisotopic (exact) mass is 343 g/mol. The number of allylic oxidation sites excluding steroid dienone is 1. The molecule has 2 heterocycles. The number of hydrogen-bond acceptors (Lipinski definition) is 6. The van der Waals surface area contributed by atoms with Gasteiger partial charge < -0.3 is 21.1 Å². The Hall–Kier alpha value is -2.08. The molecule has 6 heteroatoms. The van der Waals surface area contributed by atoms with Gasteiger partial charge in [0.15, 0.2) is 0 Å². The van der Waals surface area contributed by atoms with Crippen molar-refractivity contribution in [3.63, 3.8) is 0 Å². The third-order valence-electron chi connectivity index (χ3n) is 4.92. The lowest BCUT2D eigenvalue weighted by Crippen LogP contribution is -2.37. The molecule has 0 unspecified atom stereocenters. The van der Waals surface area contributed by atoms with Gasteiger partial charge in [0, 0.05) is 36.3 Å². The molecule has 136 valence electrons. The Balaban J connectivity index is 1.76. The summed E-state index contributed by atoms with van der Waals surface area (Å²) in [5, 5.41) is 8.52. The number of hydrogen-bond donors (Lipinski definition) is 3. The van der Waals surface area contributed by atoms with E-state index < -0.39 is 0 Å². The Bertz CT molecular complexity index is 690. The number of anilines is 1. The average molecular weight is 343 g/mol. The lowest BCUT2D eigenvalue weighted by molar-refractivity contribution is 0.112. The number of nitrogens with one attached hydrogen (secondary N) is 2. The van der Waals surface area contributed by atoms with Crippen LogP contribution in [0.15, 0.2) is 18.6 Å². The summed E-state index contributed by atoms with van der Waals surface area (Å²) in [6.07, 6.45) is 13.8. The number of aromatic nitrogens is 2. The van der Waals surface area contributed by atoms with Gasteiger partial charge in [0.1, 0.15) is 12.1 Å². The molecular formula is C19H29N5O. The van der Waals surface area contributed by atoms with Gasteiger partial charge in [0.05, 0.1) is 11.5 Å². The lowest BCUT2D eigenvalue weighted by atomic mass is 9.95. The number of ether oxygens (including phenoxy) is 1. The molecule has 1 saturated heterocycles. The highest BCUT2D eigenvalue weighted by atomic mass is 16.5. The van der Waals surface area contributed by atoms with Crippen molar-refractivity contribution in [3.05, 3.63) is 29.2 Å². The van der Waals surface area contributed by atoms with Crippen LogP contribution in [-0.2, 0) is 4.74 Å². The van der Waals surface area contributed by atoms with Crippen molar-refractivity contribution in [1.82, 2.24) is 15.3 Å². The Morgan fingerprint density at radius 2 is 2.08 bits per heavy atom. The summed E-state index contributed by atoms with van der Waals surface area (Å²) >= 11 is 0. The Labute approximate surface area is 149 Å². The first-order valence-electron chi connectivity index (χ1n) is 9.32. The van der Waals surface area contributed by atoms with E-state index in [1.807, 2.05) is 6.08 Å². The van der Waals surface area contributed by atoms with Gasteiger partial charge in [-0.2, -0.15) is 0 Å². The number of nitrogens with zero attached hydrogens (tertiary/aromatic N) is 2. The molecule has 4 N–H and O–H groups in total. The van der Waals surface area contributed by atoms with E-state index >= 15 is 0 Å². The second-order valence-corrected chi connectivity index (χ2v) is 6.85. The first kappa shape index (κ1) is 17.7. The SMILES string of the molecule is C=C(/C=c1/c(NC2CCCCC2)ncn/c1=C/N)NC[C@@H]1CCCO1. The quantitative estimate of drug-likeness (QED) is 0.714. The van der Waals surface area contributed by atoms with Gasteiger partial charge >= 0.3 is 0 Å². The van der Waals surface area contributed by atoms with E-state index in [-0.39, 0.29) is 6.10 Å². The summed E-state index contributed by atoms with van der Waals surface area (Å²) in [6, 6.07) is 0.467. The predicted octanol–water partition coefficient (Wildman–Crippen LogP) is 0.981. The topological polar surface area (TPSA) is 85.1 Å². The molecule has 1 aromatic heterocycles. The van der Waals surface area contributed by atoms with E-state index in [0.717, 1.165) is 42.7 Å². The highest BCUT2D eigenvalue weighted by Gasteiger charge is 2.16. The second-order valence-electron chi connectivity index (χ2n) is 6.85. The van der Waals surface area contributed by atoms with Gasteiger partial charge in [-0.25, -0.2) is 9.97 Å². The molecule has 0 spiro atoms. The molecule has 0 amide bonds. The Morgan fingerprint density at radius 3 is 2.80 bits per heavy atom. The molecule has 2 fully saturated rings. The normalized spacial score (nSPS) is 23.0. The molecule has 1 aliphatic carbocycles. The lowest BCUT2D eigenvalue weighted by Gasteiger charge is -2.23. The van der Waals surface area contributed by atoms with Gasteiger partial charge in [-0.3, -0.25) is 0 Å². The zero-order valence-electron chi connectivity index (χ0n) is 14.8. The molecule has 1 atom stereocenters. The van der Waals surface area contributed by atoms with Crippen LogP contribution in [0.3, 0.4) is 0 Å². The van der Waals surface area contributed by atoms with E-state index in [4.69, 9.17) is 10.5 Å². The Kier molecular flexibility index (Phi) is 6.28. The van der Waals surface area contributed by atoms with Crippen molar-refractivity contribution in [1.29, 1.82) is 0 Å². The first-order chi connectivity index (χ1) is 12.3. The molecule has 0 bridgehead atoms. The summed E-state index contributed by atoms with van der Waals surface area (Å²) in [4.78, 5) is 8.73. The largest absolute Gasteiger partial charge is 0.403 e. The van der Waals surface area contributed by atoms with Crippen LogP contribution < -0.4 is 26.9 Å². The van der Waals surface area contributed by atoms with Crippen LogP contribution in [0, 0.1) is 0 Å². The third kappa shape index (κ3) is 4.95. The van der Waals surface area contributed by atoms with Gasteiger partial charge in [0.25, 0.3) is 0 Å². The van der Waals surface area contributed by atoms with Crippen molar-refractivity contribution >= 4 is 18.1 Å². The van der Waals surface area contributed by atoms with Gasteiger partial charge in [-0.1, -0.05) is 25.8 Å². The molecule has 0 radical (unpaired) electrons. The fourth-order valence-electron chi connectivity index (χ4n) is 3.52. The summed E-state index contributed by atoms with van der Waals surface area (Å²) in [7, 11) is 0. The second kappa shape index (κ2) is 8.85. The van der Waals surface area contributed by atoms with E-state index in [2.05, 4.69) is 27.2 Å². The highest BCUT2D eigenvalue weighted by molar-refractivity contribution is 5.52. The summed E-state index contributed by atoms with van der Waals surface area (Å²) in [5.74, 6) is 0.832. The first-order valence-corrected chi connectivity index (χ1v) is 9.32. The minimum atomic E-state index is 0.276. The molecule has 1 aliphatic heterocycles. The van der Waals surface area contributed by atoms with E-state index in [1.54, 1.807) is 6.33 Å². The van der Waals surface area contributed by atoms with Crippen LogP contribution in [0.1, 0.15) is 44.9 Å². The van der Waals surface area contributed by atoms with Gasteiger partial charge in [0.2, 0.25) is 0 Å². The summed E-state index contributed by atoms with van der Waals surface area (Å²) < 4.78 is 5.64. The molecule has 25 heavy (non-hydrogen) atoms. The minimum Gasteiger partial charge on any atom is -0.403 e. The maximum atomic E-state index is 5.77. The van der Waals surface area contributed by atoms with Crippen molar-refractivity contribution in [3.8, 4) is 0 Å². The third-order valence-corrected chi connectivity index (χ3v) is 4.92. The highest BCUT2D eigenvalue weighted by Crippen LogP contribution is 2.19. The van der Waals surface area contributed by atoms with Crippen molar-refractivity contribution in [2.24, 2.45) is 5.73 Å². The van der Waals surface area contributed by atoms with Crippen LogP contribution in [0.2, 0.25) is 0 Å². The van der Waals surface area contributed by atoms with E-state index in [9.17, 15) is 0 Å². The standard InChI is InChI=1S/C19H29N5O/c1-14(21-12-16-8-5-9-25-16)10-17-18(11-20)22-13-23-19(17)24-15-6-3-2-4-7-15/h10-11,13,15-16,21H,1-9,12,20H2,(H,22,23,24)/b17-10+,18-11+/t16-/m0/s1. The number of rotatable bonds is 6. The summed E-state index contributed by atoms with van der Waals surface area (Å²) in [5.41, 5.74) is 6.59. The van der Waals surface area contributed by atoms with Gasteiger partial charge in [-0.15, -0.1) is 0 Å². The Morgan fingerprint density at radius 1 is 1.24 bits per heavy atom. The average Bonchev–Trinajstić information content (AvgIpc) is 3.16. The molecule has 2 aliphatic rings. The molecule has 1 saturated carbocycles. The molecule has 1 aromatic rings. The molecule has 6 nitrogen and oxygen atoms in total. The fourth-order valence-corrected chi connectivity index (χ4v) is 3.52. The fraction of sp³-hybridized carbons (Fsp3) is 0.579. The van der Waals surface area contributed by atoms with Crippen LogP contribution >= 0.6 is 0 Å². The molecule has 3 rings (SSSR count). The zero-order valence-corrected chi connectivity index (χ0v) is 14.8. The zero-order chi connectivity index (χ0) is 17.5. The molecule has 0 aromatic carbocycles. The number of nitrogens with two attached hydrogens (primary N) is 1. The van der Waals surface area contributed by atoms with Crippen molar-refractivity contribution < 1.29 is 4.74 Å². The smallest absolute Gasteiger partial charge is 0.137 e. The van der Waals surface area contributed by atoms with E-state index in [1.165, 1.54) is 38.3 Å². The van der Waals surface area contributed by atoms with E-state index in [0.29, 0.717) is 11.4 Å². The van der Waals surface area contributed by atoms with Gasteiger partial charge in [-0.05, 0) is 31.8 Å². The molecular weight excluding hydrogens is 314 g/mol. The maximum Gasteiger partial charge on any atom is 0.137 e. The van der Waals surface area contributed by atoms with Crippen molar-refractivity contribution in [2.75, 3.05) is 18.5 Å². The van der Waals surface area contributed by atoms with Crippen LogP contribution in [-0.4, -0.2) is 35.3 Å². The predicted molar refractivity (Wildman–Crippen MR) is 101 cm³/mol. The van der Waals surface area contributed by atoms with Crippen LogP contribution in [0.5, 0.6) is 0 Å². The minimum absolute atomic E-state index is 0.276.